The maximum absolute atomic E-state index is 4.94. The Morgan fingerprint density at radius 1 is 0.519 bits per heavy atom. The van der Waals surface area contributed by atoms with Crippen LogP contribution in [0.2, 0.25) is 0 Å². The number of hydrogen-bond donors (Lipinski definition) is 0. The van der Waals surface area contributed by atoms with E-state index in [1.54, 1.807) is 0 Å². The van der Waals surface area contributed by atoms with Crippen LogP contribution in [-0.4, -0.2) is 16.0 Å². The van der Waals surface area contributed by atoms with Gasteiger partial charge in [-0.25, -0.2) is 9.97 Å². The lowest BCUT2D eigenvalue weighted by Gasteiger charge is -2.39. The molecule has 54 heavy (non-hydrogen) atoms. The predicted molar refractivity (Wildman–Crippen MR) is 224 cm³/mol. The van der Waals surface area contributed by atoms with E-state index in [1.807, 2.05) is 24.5 Å². The van der Waals surface area contributed by atoms with E-state index < -0.39 is 0 Å². The Labute approximate surface area is 315 Å². The Balaban J connectivity index is 1.31. The average Bonchev–Trinajstić information content (AvgIpc) is 3.25. The van der Waals surface area contributed by atoms with E-state index in [0.29, 0.717) is 0 Å². The fourth-order valence-electron chi connectivity index (χ4n) is 8.34. The van der Waals surface area contributed by atoms with Gasteiger partial charge in [-0.1, -0.05) is 127 Å². The number of hydrogen-bond acceptors (Lipinski definition) is 4. The van der Waals surface area contributed by atoms with E-state index in [-0.39, 0.29) is 6.04 Å². The Kier molecular flexibility index (Phi) is 7.92. The minimum absolute atomic E-state index is 0.117. The number of benzene rings is 6. The third-order valence-corrected chi connectivity index (χ3v) is 10.6. The molecule has 1 unspecified atom stereocenters. The van der Waals surface area contributed by atoms with Crippen molar-refractivity contribution in [3.63, 3.8) is 0 Å². The lowest BCUT2D eigenvalue weighted by molar-refractivity contribution is 0.923. The summed E-state index contributed by atoms with van der Waals surface area (Å²) in [6.45, 7) is 0. The lowest BCUT2D eigenvalue weighted by Crippen LogP contribution is -2.34. The molecule has 10 rings (SSSR count). The molecule has 0 N–H and O–H groups in total. The molecule has 4 heteroatoms. The topological polar surface area (TPSA) is 32.3 Å². The van der Waals surface area contributed by atoms with Crippen molar-refractivity contribution < 1.29 is 0 Å². The highest BCUT2D eigenvalue weighted by Crippen LogP contribution is 2.52. The molecule has 0 spiro atoms. The summed E-state index contributed by atoms with van der Waals surface area (Å²) in [7, 11) is 0. The maximum Gasteiger partial charge on any atom is 0.137 e. The fourth-order valence-corrected chi connectivity index (χ4v) is 8.34. The first-order valence-electron chi connectivity index (χ1n) is 18.5. The van der Waals surface area contributed by atoms with Crippen LogP contribution in [0, 0.1) is 0 Å². The van der Waals surface area contributed by atoms with Gasteiger partial charge in [-0.05, 0) is 117 Å². The summed E-state index contributed by atoms with van der Waals surface area (Å²) in [5.74, 6) is 1.78. The first-order valence-corrected chi connectivity index (χ1v) is 18.5. The molecule has 0 fully saturated rings. The van der Waals surface area contributed by atoms with Crippen LogP contribution < -0.4 is 9.80 Å². The Morgan fingerprint density at radius 2 is 1.11 bits per heavy atom. The minimum Gasteiger partial charge on any atom is -0.315 e. The molecule has 0 amide bonds. The molecule has 0 bridgehead atoms. The average molecular weight is 693 g/mol. The second-order valence-electron chi connectivity index (χ2n) is 13.7. The monoisotopic (exact) mass is 692 g/mol. The second kappa shape index (κ2) is 13.5. The molecule has 2 heterocycles. The van der Waals surface area contributed by atoms with E-state index in [4.69, 9.17) is 9.97 Å². The Hall–Kier alpha value is -7.04. The fraction of sp³-hybridized carbons (Fsp3) is 0.0400. The van der Waals surface area contributed by atoms with Gasteiger partial charge in [0.2, 0.25) is 0 Å². The van der Waals surface area contributed by atoms with Crippen molar-refractivity contribution in [2.24, 2.45) is 0 Å². The molecule has 2 aromatic heterocycles. The highest BCUT2D eigenvalue weighted by molar-refractivity contribution is 6.14. The highest BCUT2D eigenvalue weighted by atomic mass is 15.2. The van der Waals surface area contributed by atoms with Gasteiger partial charge in [0.05, 0.1) is 11.7 Å². The second-order valence-corrected chi connectivity index (χ2v) is 13.7. The minimum atomic E-state index is -0.117. The summed E-state index contributed by atoms with van der Waals surface area (Å²) in [6, 6.07) is 62.2. The van der Waals surface area contributed by atoms with Gasteiger partial charge in [0, 0.05) is 29.2 Å². The molecular weight excluding hydrogens is 657 g/mol. The molecule has 0 saturated heterocycles. The predicted octanol–water partition coefficient (Wildman–Crippen LogP) is 12.4. The van der Waals surface area contributed by atoms with Gasteiger partial charge < -0.3 is 4.90 Å². The molecule has 2 aliphatic rings. The number of allylic oxidation sites excluding steroid dienone is 1. The van der Waals surface area contributed by atoms with Crippen LogP contribution >= 0.6 is 0 Å². The first-order chi connectivity index (χ1) is 26.8. The standard InChI is InChI=1S/C50H36N4/c1-5-17-35(18-6-1)43-33-45(53(37-21-9-3-10-22-37)47-25-13-15-31-51-47)41-30-28-40-44(36-19-7-2-8-20-36)34-46(42-29-27-39(43)49(41)50(40)42)54(38-23-11-4-12-24-38)48-26-14-16-32-52-48/h1-27,29-34,45H,28H2. The number of para-hydroxylation sites is 2. The molecule has 4 nitrogen and oxygen atoms in total. The van der Waals surface area contributed by atoms with E-state index >= 15 is 0 Å². The molecule has 8 aromatic rings. The number of rotatable bonds is 8. The molecule has 0 radical (unpaired) electrons. The van der Waals surface area contributed by atoms with Crippen LogP contribution in [0.5, 0.6) is 0 Å². The van der Waals surface area contributed by atoms with Gasteiger partial charge in [-0.3, -0.25) is 4.90 Å². The molecular formula is C50H36N4. The van der Waals surface area contributed by atoms with Crippen LogP contribution in [0.3, 0.4) is 0 Å². The molecule has 0 aliphatic heterocycles. The highest BCUT2D eigenvalue weighted by Gasteiger charge is 2.36. The van der Waals surface area contributed by atoms with Gasteiger partial charge in [0.25, 0.3) is 0 Å². The summed E-state index contributed by atoms with van der Waals surface area (Å²) in [5.41, 5.74) is 13.2. The van der Waals surface area contributed by atoms with E-state index in [9.17, 15) is 0 Å². The van der Waals surface area contributed by atoms with E-state index in [2.05, 4.69) is 186 Å². The zero-order valence-corrected chi connectivity index (χ0v) is 29.6. The summed E-state index contributed by atoms with van der Waals surface area (Å²) < 4.78 is 0. The summed E-state index contributed by atoms with van der Waals surface area (Å²) in [6.07, 6.45) is 9.50. The number of pyridine rings is 2. The van der Waals surface area contributed by atoms with Crippen molar-refractivity contribution in [2.75, 3.05) is 9.80 Å². The van der Waals surface area contributed by atoms with Gasteiger partial charge in [-0.15, -0.1) is 0 Å². The van der Waals surface area contributed by atoms with Crippen LogP contribution in [-0.2, 0) is 6.42 Å². The lowest BCUT2D eigenvalue weighted by atomic mass is 9.73. The van der Waals surface area contributed by atoms with Crippen molar-refractivity contribution in [3.8, 4) is 11.1 Å². The van der Waals surface area contributed by atoms with Crippen molar-refractivity contribution in [1.29, 1.82) is 0 Å². The van der Waals surface area contributed by atoms with Gasteiger partial charge in [-0.2, -0.15) is 0 Å². The maximum atomic E-state index is 4.94. The molecule has 6 aromatic carbocycles. The van der Waals surface area contributed by atoms with Gasteiger partial charge in [0.15, 0.2) is 0 Å². The van der Waals surface area contributed by atoms with Gasteiger partial charge in [0.1, 0.15) is 11.6 Å². The zero-order chi connectivity index (χ0) is 35.8. The van der Waals surface area contributed by atoms with E-state index in [1.165, 1.54) is 55.3 Å². The molecule has 2 aliphatic carbocycles. The molecule has 1 atom stereocenters. The Bertz CT molecular complexity index is 2580. The van der Waals surface area contributed by atoms with Crippen molar-refractivity contribution in [1.82, 2.24) is 9.97 Å². The number of anilines is 5. The summed E-state index contributed by atoms with van der Waals surface area (Å²) in [4.78, 5) is 14.6. The van der Waals surface area contributed by atoms with Crippen molar-refractivity contribution in [3.05, 3.63) is 223 Å². The van der Waals surface area contributed by atoms with Crippen LogP contribution in [0.25, 0.3) is 33.0 Å². The Morgan fingerprint density at radius 3 is 1.76 bits per heavy atom. The van der Waals surface area contributed by atoms with Gasteiger partial charge >= 0.3 is 0 Å². The number of aromatic nitrogens is 2. The third kappa shape index (κ3) is 5.39. The SMILES string of the molecule is C1=C(c2ccccc2)c2ccc3c(N(c4ccccc4)c4ccccn4)cc(-c4ccccc4)c4c3c2C(=CC4)C1N(c1ccccc1)c1ccccn1. The zero-order valence-electron chi connectivity index (χ0n) is 29.6. The summed E-state index contributed by atoms with van der Waals surface area (Å²) in [5, 5.41) is 2.49. The quantitative estimate of drug-likeness (QED) is 0.159. The van der Waals surface area contributed by atoms with Crippen LogP contribution in [0.15, 0.2) is 200 Å². The van der Waals surface area contributed by atoms with E-state index in [0.717, 1.165) is 35.1 Å². The smallest absolute Gasteiger partial charge is 0.137 e. The normalized spacial score (nSPS) is 14.3. The van der Waals surface area contributed by atoms with Crippen LogP contribution in [0.4, 0.5) is 28.7 Å². The first kappa shape index (κ1) is 31.7. The summed E-state index contributed by atoms with van der Waals surface area (Å²) >= 11 is 0. The number of nitrogens with zero attached hydrogens (tertiary/aromatic N) is 4. The van der Waals surface area contributed by atoms with Crippen molar-refractivity contribution >= 4 is 50.6 Å². The molecule has 0 saturated carbocycles. The molecule has 256 valence electrons. The van der Waals surface area contributed by atoms with Crippen LogP contribution in [0.1, 0.15) is 22.3 Å². The third-order valence-electron chi connectivity index (χ3n) is 10.6. The van der Waals surface area contributed by atoms with Crippen molar-refractivity contribution in [2.45, 2.75) is 12.5 Å². The largest absolute Gasteiger partial charge is 0.315 e.